The fraction of sp³-hybridized carbons (Fsp3) is 0.418. The Kier molecular flexibility index (Phi) is 16.1. The zero-order valence-electron chi connectivity index (χ0n) is 43.7. The molecule has 73 heavy (non-hydrogen) atoms. The first-order valence-electron chi connectivity index (χ1n) is 24.8. The lowest BCUT2D eigenvalue weighted by atomic mass is 10.0. The molecule has 0 saturated heterocycles. The lowest BCUT2D eigenvalue weighted by molar-refractivity contribution is -0.123. The second kappa shape index (κ2) is 22.3. The molecule has 0 bridgehead atoms. The van der Waals surface area contributed by atoms with Crippen LogP contribution in [0.25, 0.3) is 11.1 Å². The van der Waals surface area contributed by atoms with Gasteiger partial charge in [0.2, 0.25) is 0 Å². The van der Waals surface area contributed by atoms with Gasteiger partial charge in [-0.05, 0) is 70.8 Å². The molecule has 0 aromatic heterocycles. The van der Waals surface area contributed by atoms with E-state index >= 15 is 0 Å². The minimum Gasteiger partial charge on any atom is -0.497 e. The van der Waals surface area contributed by atoms with Gasteiger partial charge in [-0.2, -0.15) is 0 Å². The molecular weight excluding hydrogens is 965 g/mol. The Morgan fingerprint density at radius 3 is 1.22 bits per heavy atom. The van der Waals surface area contributed by atoms with Crippen LogP contribution in [0.1, 0.15) is 51.1 Å². The average molecular weight is 1030 g/mol. The fourth-order valence-electron chi connectivity index (χ4n) is 9.11. The molecule has 0 N–H and O–H groups in total. The SMILES string of the molecule is COc1ccc(C2=CN3C(=O)c4cc(OC)c(OCCCOc5cc6c(cc5OC)C(=O)N5C=C(c7ccc(OC)cc7)C[C@H]5C(=O)N6COCC[Si](C)(C)C)cc4N(COCC[Si](C)(C)C)C(=O)[C@@H]3C2)cc1. The minimum atomic E-state index is -1.45. The van der Waals surface area contributed by atoms with E-state index in [1.165, 1.54) is 24.0 Å². The number of carbonyl (C=O) groups excluding carboxylic acids is 4. The number of rotatable bonds is 22. The van der Waals surface area contributed by atoms with E-state index in [-0.39, 0.29) is 61.4 Å². The van der Waals surface area contributed by atoms with Gasteiger partial charge in [0.25, 0.3) is 23.6 Å². The van der Waals surface area contributed by atoms with E-state index in [4.69, 9.17) is 37.9 Å². The molecule has 8 rings (SSSR count). The average Bonchev–Trinajstić information content (AvgIpc) is 4.01. The smallest absolute Gasteiger partial charge is 0.260 e. The lowest BCUT2D eigenvalue weighted by Crippen LogP contribution is -2.45. The molecule has 0 saturated carbocycles. The van der Waals surface area contributed by atoms with Crippen molar-refractivity contribution in [3.8, 4) is 34.5 Å². The second-order valence-corrected chi connectivity index (χ2v) is 32.2. The quantitative estimate of drug-likeness (QED) is 0.0544. The predicted octanol–water partition coefficient (Wildman–Crippen LogP) is 9.40. The zero-order chi connectivity index (χ0) is 52.2. The standard InChI is InChI=1S/C55H68N4O12Si2/c1-64-40-16-12-36(13-17-40)38-26-46-54(62)58(34-68-22-24-72(5,6)7)44-30-50(48(66-3)28-42(44)52(60)56(46)32-38)70-20-11-21-71-51-31-45-43(29-49(51)67-4)53(61)57-33-39(37-14-18-41(65-2)19-15-37)27-47(57)55(63)59(45)35-69-23-25-73(8,9)10/h12-19,28-33,46-47H,11,20-27,34-35H2,1-10H3/t46-,47-/m0/s1. The van der Waals surface area contributed by atoms with Crippen LogP contribution in [0.15, 0.2) is 85.2 Å². The van der Waals surface area contributed by atoms with Crippen molar-refractivity contribution in [2.45, 2.75) is 82.7 Å². The van der Waals surface area contributed by atoms with Crippen molar-refractivity contribution < 1.29 is 57.1 Å². The monoisotopic (exact) mass is 1030 g/mol. The molecule has 0 fully saturated rings. The highest BCUT2D eigenvalue weighted by atomic mass is 28.3. The number of fused-ring (bicyclic) bond motifs is 4. The van der Waals surface area contributed by atoms with Crippen LogP contribution >= 0.6 is 0 Å². The second-order valence-electron chi connectivity index (χ2n) is 20.9. The van der Waals surface area contributed by atoms with Crippen LogP contribution in [-0.2, 0) is 19.1 Å². The molecule has 4 amide bonds. The molecule has 388 valence electrons. The van der Waals surface area contributed by atoms with Gasteiger partial charge < -0.3 is 47.7 Å². The summed E-state index contributed by atoms with van der Waals surface area (Å²) in [6, 6.07) is 21.9. The molecule has 4 aromatic rings. The fourth-order valence-corrected chi connectivity index (χ4v) is 10.6. The van der Waals surface area contributed by atoms with Crippen molar-refractivity contribution in [3.63, 3.8) is 0 Å². The number of nitrogens with zero attached hydrogens (tertiary/aromatic N) is 4. The third kappa shape index (κ3) is 11.8. The van der Waals surface area contributed by atoms with Crippen LogP contribution in [0.5, 0.6) is 34.5 Å². The van der Waals surface area contributed by atoms with Crippen molar-refractivity contribution in [1.82, 2.24) is 9.80 Å². The summed E-state index contributed by atoms with van der Waals surface area (Å²) in [7, 11) is 3.32. The Hall–Kier alpha value is -6.61. The number of anilines is 2. The van der Waals surface area contributed by atoms with Gasteiger partial charge in [-0.3, -0.25) is 29.0 Å². The van der Waals surface area contributed by atoms with Crippen molar-refractivity contribution in [1.29, 1.82) is 0 Å². The number of hydrogen-bond acceptors (Lipinski definition) is 12. The van der Waals surface area contributed by atoms with Gasteiger partial charge in [0.1, 0.15) is 37.0 Å². The first-order valence-corrected chi connectivity index (χ1v) is 32.2. The Morgan fingerprint density at radius 2 is 0.877 bits per heavy atom. The number of carbonyl (C=O) groups is 4. The first-order chi connectivity index (χ1) is 34.9. The van der Waals surface area contributed by atoms with E-state index in [1.54, 1.807) is 60.7 Å². The Labute approximate surface area is 430 Å². The molecule has 16 nitrogen and oxygen atoms in total. The van der Waals surface area contributed by atoms with E-state index in [0.717, 1.165) is 34.4 Å². The predicted molar refractivity (Wildman–Crippen MR) is 286 cm³/mol. The van der Waals surface area contributed by atoms with Crippen molar-refractivity contribution >= 4 is 62.3 Å². The summed E-state index contributed by atoms with van der Waals surface area (Å²) < 4.78 is 47.4. The zero-order valence-corrected chi connectivity index (χ0v) is 45.7. The molecule has 4 aromatic carbocycles. The van der Waals surface area contributed by atoms with Gasteiger partial charge in [0.15, 0.2) is 23.0 Å². The number of methoxy groups -OCH3 is 4. The van der Waals surface area contributed by atoms with Gasteiger partial charge >= 0.3 is 0 Å². The molecule has 0 unspecified atom stereocenters. The maximum absolute atomic E-state index is 14.6. The molecule has 0 aliphatic carbocycles. The highest BCUT2D eigenvalue weighted by Crippen LogP contribution is 2.44. The summed E-state index contributed by atoms with van der Waals surface area (Å²) in [5, 5.41) is 0. The molecule has 4 aliphatic heterocycles. The maximum Gasteiger partial charge on any atom is 0.260 e. The number of amides is 4. The van der Waals surface area contributed by atoms with E-state index in [2.05, 4.69) is 39.3 Å². The summed E-state index contributed by atoms with van der Waals surface area (Å²) in [6.07, 6.45) is 4.56. The van der Waals surface area contributed by atoms with Gasteiger partial charge in [-0.1, -0.05) is 63.5 Å². The van der Waals surface area contributed by atoms with Gasteiger partial charge in [0, 0.05) is 73.2 Å². The number of hydrogen-bond donors (Lipinski definition) is 0. The topological polar surface area (TPSA) is 155 Å². The van der Waals surface area contributed by atoms with Crippen LogP contribution in [-0.4, -0.2) is 130 Å². The van der Waals surface area contributed by atoms with Crippen LogP contribution in [0, 0.1) is 0 Å². The molecule has 4 heterocycles. The summed E-state index contributed by atoms with van der Waals surface area (Å²) >= 11 is 0. The Balaban J connectivity index is 1.01. The van der Waals surface area contributed by atoms with Crippen LogP contribution in [0.3, 0.4) is 0 Å². The maximum atomic E-state index is 14.6. The van der Waals surface area contributed by atoms with E-state index in [0.29, 0.717) is 78.3 Å². The van der Waals surface area contributed by atoms with Crippen LogP contribution in [0.2, 0.25) is 51.4 Å². The van der Waals surface area contributed by atoms with Gasteiger partial charge in [0.05, 0.1) is 64.2 Å². The highest BCUT2D eigenvalue weighted by Gasteiger charge is 2.45. The Bertz CT molecular complexity index is 2580. The van der Waals surface area contributed by atoms with Gasteiger partial charge in [-0.15, -0.1) is 0 Å². The first kappa shape index (κ1) is 52.7. The Morgan fingerprint density at radius 1 is 0.493 bits per heavy atom. The summed E-state index contributed by atoms with van der Waals surface area (Å²) in [5.74, 6) is 1.49. The lowest BCUT2D eigenvalue weighted by Gasteiger charge is -2.27. The van der Waals surface area contributed by atoms with Crippen LogP contribution in [0.4, 0.5) is 11.4 Å². The highest BCUT2D eigenvalue weighted by molar-refractivity contribution is 6.76. The number of benzene rings is 4. The third-order valence-electron chi connectivity index (χ3n) is 13.4. The largest absolute Gasteiger partial charge is 0.497 e. The molecule has 18 heteroatoms. The molecule has 0 radical (unpaired) electrons. The van der Waals surface area contributed by atoms with E-state index in [9.17, 15) is 19.2 Å². The van der Waals surface area contributed by atoms with Crippen molar-refractivity contribution in [3.05, 3.63) is 107 Å². The van der Waals surface area contributed by atoms with Crippen molar-refractivity contribution in [2.24, 2.45) is 0 Å². The third-order valence-corrected chi connectivity index (χ3v) is 16.8. The van der Waals surface area contributed by atoms with Crippen molar-refractivity contribution in [2.75, 3.05) is 78.1 Å². The van der Waals surface area contributed by atoms with Gasteiger partial charge in [-0.25, -0.2) is 0 Å². The molecule has 2 atom stereocenters. The summed E-state index contributed by atoms with van der Waals surface area (Å²) in [4.78, 5) is 64.3. The summed E-state index contributed by atoms with van der Waals surface area (Å²) in [6.45, 7) is 14.8. The normalized spacial score (nSPS) is 17.6. The molecule has 4 aliphatic rings. The minimum absolute atomic E-state index is 0.0483. The molecule has 0 spiro atoms. The van der Waals surface area contributed by atoms with E-state index in [1.807, 2.05) is 48.5 Å². The number of ether oxygens (including phenoxy) is 8. The molecular formula is C55H68N4O12Si2. The van der Waals surface area contributed by atoms with Crippen LogP contribution < -0.4 is 38.2 Å². The van der Waals surface area contributed by atoms with E-state index < -0.39 is 28.2 Å². The summed E-state index contributed by atoms with van der Waals surface area (Å²) in [5.41, 5.74) is 4.78.